The summed E-state index contributed by atoms with van der Waals surface area (Å²) in [6.07, 6.45) is 3.38. The van der Waals surface area contributed by atoms with Crippen LogP contribution in [0.5, 0.6) is 17.2 Å². The van der Waals surface area contributed by atoms with Gasteiger partial charge in [-0.05, 0) is 76.9 Å². The van der Waals surface area contributed by atoms with Crippen LogP contribution >= 0.6 is 22.6 Å². The summed E-state index contributed by atoms with van der Waals surface area (Å²) in [6, 6.07) is 7.72. The lowest BCUT2D eigenvalue weighted by atomic mass is 10.1. The number of hydrogen-bond acceptors (Lipinski definition) is 4. The number of methoxy groups -OCH3 is 3. The minimum absolute atomic E-state index is 0.169. The molecular formula is C21H24INO4. The summed E-state index contributed by atoms with van der Waals surface area (Å²) in [7, 11) is 4.68. The van der Waals surface area contributed by atoms with Crippen molar-refractivity contribution in [3.8, 4) is 17.2 Å². The summed E-state index contributed by atoms with van der Waals surface area (Å²) >= 11 is 2.31. The van der Waals surface area contributed by atoms with Crippen molar-refractivity contribution in [2.75, 3.05) is 21.3 Å². The summed E-state index contributed by atoms with van der Waals surface area (Å²) in [6.45, 7) is 4.51. The molecule has 2 aromatic rings. The summed E-state index contributed by atoms with van der Waals surface area (Å²) in [5.74, 6) is 1.47. The van der Waals surface area contributed by atoms with Crippen LogP contribution in [0, 0.1) is 17.4 Å². The third-order valence-corrected chi connectivity index (χ3v) is 5.72. The number of hydrogen-bond donors (Lipinski definition) is 1. The molecule has 0 saturated carbocycles. The normalized spacial score (nSPS) is 10.7. The van der Waals surface area contributed by atoms with Gasteiger partial charge in [-0.3, -0.25) is 4.79 Å². The second-order valence-electron chi connectivity index (χ2n) is 6.00. The van der Waals surface area contributed by atoms with Crippen LogP contribution < -0.4 is 19.5 Å². The Morgan fingerprint density at radius 1 is 1.07 bits per heavy atom. The van der Waals surface area contributed by atoms with Gasteiger partial charge in [0.2, 0.25) is 11.7 Å². The number of rotatable bonds is 7. The van der Waals surface area contributed by atoms with E-state index in [4.69, 9.17) is 14.2 Å². The maximum Gasteiger partial charge on any atom is 0.244 e. The molecule has 0 aliphatic heterocycles. The van der Waals surface area contributed by atoms with E-state index in [9.17, 15) is 4.79 Å². The van der Waals surface area contributed by atoms with Gasteiger partial charge < -0.3 is 19.5 Å². The summed E-state index contributed by atoms with van der Waals surface area (Å²) in [5, 5.41) is 2.87. The van der Waals surface area contributed by atoms with Crippen molar-refractivity contribution in [3.63, 3.8) is 0 Å². The minimum Gasteiger partial charge on any atom is -0.493 e. The molecular weight excluding hydrogens is 457 g/mol. The van der Waals surface area contributed by atoms with Crippen LogP contribution in [0.2, 0.25) is 0 Å². The molecule has 0 radical (unpaired) electrons. The zero-order chi connectivity index (χ0) is 20.0. The molecule has 5 nitrogen and oxygen atoms in total. The number of nitrogens with one attached hydrogen (secondary N) is 1. The summed E-state index contributed by atoms with van der Waals surface area (Å²) < 4.78 is 17.1. The van der Waals surface area contributed by atoms with Crippen molar-refractivity contribution in [1.29, 1.82) is 0 Å². The Morgan fingerprint density at radius 2 is 1.70 bits per heavy atom. The Kier molecular flexibility index (Phi) is 7.53. The van der Waals surface area contributed by atoms with Gasteiger partial charge in [-0.15, -0.1) is 0 Å². The fourth-order valence-electron chi connectivity index (χ4n) is 2.58. The fraction of sp³-hybridized carbons (Fsp3) is 0.286. The minimum atomic E-state index is -0.169. The number of carbonyl (C=O) groups excluding carboxylic acids is 1. The van der Waals surface area contributed by atoms with Crippen molar-refractivity contribution in [3.05, 3.63) is 56.2 Å². The molecule has 27 heavy (non-hydrogen) atoms. The SMILES string of the molecule is COc1cc(CNC(=O)/C=C/c2ccc(C)c(C)c2I)cc(OC)c1OC. The molecule has 0 aliphatic rings. The van der Waals surface area contributed by atoms with Crippen LogP contribution in [-0.4, -0.2) is 27.2 Å². The lowest BCUT2D eigenvalue weighted by molar-refractivity contribution is -0.116. The van der Waals surface area contributed by atoms with E-state index < -0.39 is 0 Å². The second kappa shape index (κ2) is 9.64. The zero-order valence-electron chi connectivity index (χ0n) is 16.2. The Morgan fingerprint density at radius 3 is 2.26 bits per heavy atom. The van der Waals surface area contributed by atoms with Crippen LogP contribution in [0.15, 0.2) is 30.3 Å². The third kappa shape index (κ3) is 5.15. The molecule has 1 N–H and O–H groups in total. The summed E-state index contributed by atoms with van der Waals surface area (Å²) in [5.41, 5.74) is 4.35. The van der Waals surface area contributed by atoms with E-state index in [2.05, 4.69) is 47.8 Å². The highest BCUT2D eigenvalue weighted by Crippen LogP contribution is 2.38. The number of ether oxygens (including phenoxy) is 3. The van der Waals surface area contributed by atoms with Crippen molar-refractivity contribution in [2.24, 2.45) is 0 Å². The lowest BCUT2D eigenvalue weighted by Gasteiger charge is -2.14. The van der Waals surface area contributed by atoms with Gasteiger partial charge in [0.1, 0.15) is 0 Å². The van der Waals surface area contributed by atoms with Gasteiger partial charge in [-0.1, -0.05) is 12.1 Å². The van der Waals surface area contributed by atoms with Crippen LogP contribution in [0.25, 0.3) is 6.08 Å². The van der Waals surface area contributed by atoms with Gasteiger partial charge >= 0.3 is 0 Å². The number of carbonyl (C=O) groups is 1. The molecule has 0 aliphatic carbocycles. The van der Waals surface area contributed by atoms with E-state index in [1.807, 2.05) is 24.3 Å². The van der Waals surface area contributed by atoms with Crippen LogP contribution in [-0.2, 0) is 11.3 Å². The molecule has 0 spiro atoms. The summed E-state index contributed by atoms with van der Waals surface area (Å²) in [4.78, 5) is 12.2. The molecule has 1 amide bonds. The molecule has 0 heterocycles. The Balaban J connectivity index is 2.08. The van der Waals surface area contributed by atoms with Gasteiger partial charge in [-0.25, -0.2) is 0 Å². The first kappa shape index (κ1) is 21.1. The third-order valence-electron chi connectivity index (χ3n) is 4.29. The average molecular weight is 481 g/mol. The molecule has 2 aromatic carbocycles. The number of amides is 1. The Bertz CT molecular complexity index is 836. The van der Waals surface area contributed by atoms with E-state index in [1.54, 1.807) is 27.4 Å². The molecule has 2 rings (SSSR count). The smallest absolute Gasteiger partial charge is 0.244 e. The van der Waals surface area contributed by atoms with E-state index >= 15 is 0 Å². The second-order valence-corrected chi connectivity index (χ2v) is 7.07. The first-order valence-electron chi connectivity index (χ1n) is 8.41. The molecule has 0 bridgehead atoms. The number of benzene rings is 2. The molecule has 6 heteroatoms. The molecule has 144 valence electrons. The van der Waals surface area contributed by atoms with E-state index in [-0.39, 0.29) is 5.91 Å². The van der Waals surface area contributed by atoms with Gasteiger partial charge in [0, 0.05) is 16.2 Å². The fourth-order valence-corrected chi connectivity index (χ4v) is 3.37. The topological polar surface area (TPSA) is 56.8 Å². The van der Waals surface area contributed by atoms with Gasteiger partial charge in [0.15, 0.2) is 11.5 Å². The molecule has 0 unspecified atom stereocenters. The Hall–Kier alpha value is -2.22. The zero-order valence-corrected chi connectivity index (χ0v) is 18.3. The van der Waals surface area contributed by atoms with Crippen LogP contribution in [0.4, 0.5) is 0 Å². The van der Waals surface area contributed by atoms with Gasteiger partial charge in [0.05, 0.1) is 21.3 Å². The lowest BCUT2D eigenvalue weighted by Crippen LogP contribution is -2.20. The maximum absolute atomic E-state index is 12.2. The average Bonchev–Trinajstić information content (AvgIpc) is 2.68. The van der Waals surface area contributed by atoms with Gasteiger partial charge in [0.25, 0.3) is 0 Å². The predicted octanol–water partition coefficient (Wildman–Crippen LogP) is 4.26. The largest absolute Gasteiger partial charge is 0.493 e. The van der Waals surface area contributed by atoms with Crippen LogP contribution in [0.3, 0.4) is 0 Å². The van der Waals surface area contributed by atoms with E-state index in [0.29, 0.717) is 23.8 Å². The van der Waals surface area contributed by atoms with Crippen molar-refractivity contribution in [1.82, 2.24) is 5.32 Å². The highest BCUT2D eigenvalue weighted by molar-refractivity contribution is 14.1. The van der Waals surface area contributed by atoms with Crippen LogP contribution in [0.1, 0.15) is 22.3 Å². The Labute approximate surface area is 173 Å². The molecule has 0 saturated heterocycles. The van der Waals surface area contributed by atoms with Crippen molar-refractivity contribution in [2.45, 2.75) is 20.4 Å². The maximum atomic E-state index is 12.2. The van der Waals surface area contributed by atoms with Crippen molar-refractivity contribution >= 4 is 34.6 Å². The molecule has 0 aromatic heterocycles. The highest BCUT2D eigenvalue weighted by Gasteiger charge is 2.13. The number of halogens is 1. The number of aryl methyl sites for hydroxylation is 1. The van der Waals surface area contributed by atoms with Crippen molar-refractivity contribution < 1.29 is 19.0 Å². The molecule has 0 atom stereocenters. The predicted molar refractivity (Wildman–Crippen MR) is 116 cm³/mol. The first-order valence-corrected chi connectivity index (χ1v) is 9.49. The molecule has 0 fully saturated rings. The quantitative estimate of drug-likeness (QED) is 0.475. The van der Waals surface area contributed by atoms with Gasteiger partial charge in [-0.2, -0.15) is 0 Å². The van der Waals surface area contributed by atoms with E-state index in [0.717, 1.165) is 14.7 Å². The first-order chi connectivity index (χ1) is 12.9. The standard InChI is InChI=1S/C21H24INO4/c1-13-6-7-16(20(22)14(13)2)8-9-19(24)23-12-15-10-17(25-3)21(27-5)18(11-15)26-4/h6-11H,12H2,1-5H3,(H,23,24)/b9-8+. The monoisotopic (exact) mass is 481 g/mol. The highest BCUT2D eigenvalue weighted by atomic mass is 127. The van der Waals surface area contributed by atoms with E-state index in [1.165, 1.54) is 11.1 Å².